The van der Waals surface area contributed by atoms with Gasteiger partial charge in [-0.25, -0.2) is 4.68 Å². The average Bonchev–Trinajstić information content (AvgIpc) is 3.40. The first-order chi connectivity index (χ1) is 18.6. The molecule has 1 fully saturated rings. The number of hydrogen-bond acceptors (Lipinski definition) is 4. The number of amides is 1. The maximum atomic E-state index is 13.1. The van der Waals surface area contributed by atoms with Crippen molar-refractivity contribution in [2.45, 2.75) is 32.8 Å². The number of para-hydroxylation sites is 1. The normalized spacial score (nSPS) is 13.7. The number of carbonyl (C=O) groups excluding carboxylic acids is 1. The highest BCUT2D eigenvalue weighted by Crippen LogP contribution is 2.29. The fourth-order valence-corrected chi connectivity index (χ4v) is 4.58. The zero-order chi connectivity index (χ0) is 26.3. The smallest absolute Gasteiger partial charge is 0.264 e. The molecule has 1 aliphatic rings. The van der Waals surface area contributed by atoms with Crippen molar-refractivity contribution in [1.82, 2.24) is 14.7 Å². The van der Waals surface area contributed by atoms with Crippen LogP contribution in [-0.4, -0.2) is 33.7 Å². The molecule has 0 atom stereocenters. The molecule has 6 nitrogen and oxygen atoms in total. The van der Waals surface area contributed by atoms with Crippen LogP contribution in [0.15, 0.2) is 90.6 Å². The van der Waals surface area contributed by atoms with Gasteiger partial charge in [-0.1, -0.05) is 60.2 Å². The van der Waals surface area contributed by atoms with Crippen molar-refractivity contribution >= 4 is 12.0 Å². The Hall–Kier alpha value is -4.63. The molecule has 4 aromatic rings. The largest absolute Gasteiger partial charge is 0.489 e. The number of likely N-dealkylation sites (tertiary alicyclic amines) is 1. The number of aryl methyl sites for hydroxylation is 1. The SMILES string of the molecule is Cc1ccc(COc2cccc(-c3nn(-c4ccccc4)cc3C=C(C#N)C(=O)N3CCCCC3)c2)cc1. The molecule has 38 heavy (non-hydrogen) atoms. The monoisotopic (exact) mass is 502 g/mol. The van der Waals surface area contributed by atoms with Gasteiger partial charge >= 0.3 is 0 Å². The van der Waals surface area contributed by atoms with E-state index in [0.29, 0.717) is 31.0 Å². The van der Waals surface area contributed by atoms with Crippen molar-refractivity contribution in [3.05, 3.63) is 107 Å². The fourth-order valence-electron chi connectivity index (χ4n) is 4.58. The number of hydrogen-bond donors (Lipinski definition) is 0. The van der Waals surface area contributed by atoms with Gasteiger partial charge in [0.1, 0.15) is 29.7 Å². The summed E-state index contributed by atoms with van der Waals surface area (Å²) in [6.07, 6.45) is 6.59. The molecule has 1 amide bonds. The summed E-state index contributed by atoms with van der Waals surface area (Å²) in [5, 5.41) is 14.8. The molecule has 3 aromatic carbocycles. The Kier molecular flexibility index (Phi) is 7.65. The van der Waals surface area contributed by atoms with Crippen molar-refractivity contribution in [2.75, 3.05) is 13.1 Å². The predicted molar refractivity (Wildman–Crippen MR) is 149 cm³/mol. The third-order valence-corrected chi connectivity index (χ3v) is 6.69. The molecule has 0 saturated carbocycles. The first-order valence-corrected chi connectivity index (χ1v) is 13.0. The van der Waals surface area contributed by atoms with Gasteiger partial charge in [-0.2, -0.15) is 10.4 Å². The second-order valence-corrected chi connectivity index (χ2v) is 9.54. The number of nitriles is 1. The summed E-state index contributed by atoms with van der Waals surface area (Å²) in [7, 11) is 0. The first kappa shape index (κ1) is 25.0. The van der Waals surface area contributed by atoms with Gasteiger partial charge in [0.15, 0.2) is 0 Å². The lowest BCUT2D eigenvalue weighted by Crippen LogP contribution is -2.36. The van der Waals surface area contributed by atoms with E-state index in [1.165, 1.54) is 5.56 Å². The number of piperidine rings is 1. The minimum absolute atomic E-state index is 0.118. The zero-order valence-electron chi connectivity index (χ0n) is 21.5. The van der Waals surface area contributed by atoms with Gasteiger partial charge in [0.05, 0.1) is 5.69 Å². The summed E-state index contributed by atoms with van der Waals surface area (Å²) in [5.41, 5.74) is 5.53. The van der Waals surface area contributed by atoms with Gasteiger partial charge in [0.2, 0.25) is 0 Å². The summed E-state index contributed by atoms with van der Waals surface area (Å²) in [6, 6.07) is 28.0. The second-order valence-electron chi connectivity index (χ2n) is 9.54. The van der Waals surface area contributed by atoms with E-state index < -0.39 is 0 Å². The third kappa shape index (κ3) is 5.84. The molecule has 0 unspecified atom stereocenters. The molecule has 6 heteroatoms. The van der Waals surface area contributed by atoms with E-state index in [0.717, 1.165) is 41.8 Å². The van der Waals surface area contributed by atoms with Gasteiger partial charge in [-0.15, -0.1) is 0 Å². The Balaban J connectivity index is 1.49. The van der Waals surface area contributed by atoms with Crippen LogP contribution >= 0.6 is 0 Å². The molecule has 5 rings (SSSR count). The minimum Gasteiger partial charge on any atom is -0.489 e. The second kappa shape index (κ2) is 11.6. The van der Waals surface area contributed by atoms with Crippen LogP contribution in [0, 0.1) is 18.3 Å². The number of benzene rings is 3. The fraction of sp³-hybridized carbons (Fsp3) is 0.219. The molecule has 1 aliphatic heterocycles. The van der Waals surface area contributed by atoms with E-state index >= 15 is 0 Å². The summed E-state index contributed by atoms with van der Waals surface area (Å²) >= 11 is 0. The molecule has 0 N–H and O–H groups in total. The molecule has 0 bridgehead atoms. The predicted octanol–water partition coefficient (Wildman–Crippen LogP) is 6.35. The van der Waals surface area contributed by atoms with Crippen LogP contribution in [0.1, 0.15) is 36.0 Å². The van der Waals surface area contributed by atoms with E-state index in [1.54, 1.807) is 15.7 Å². The molecule has 190 valence electrons. The highest BCUT2D eigenvalue weighted by atomic mass is 16.5. The molecule has 0 spiro atoms. The number of aromatic nitrogens is 2. The standard InChI is InChI=1S/C32H30N4O2/c1-24-13-15-25(16-14-24)23-38-30-12-8-9-26(20-30)31-28(22-36(34-31)29-10-4-2-5-11-29)19-27(21-33)32(37)35-17-6-3-7-18-35/h2,4-5,8-16,19-20,22H,3,6-7,17-18,23H2,1H3. The average molecular weight is 503 g/mol. The van der Waals surface area contributed by atoms with E-state index in [4.69, 9.17) is 9.84 Å². The number of carbonyl (C=O) groups is 1. The molecular formula is C32H30N4O2. The summed E-state index contributed by atoms with van der Waals surface area (Å²) in [6.45, 7) is 3.90. The minimum atomic E-state index is -0.221. The lowest BCUT2D eigenvalue weighted by Gasteiger charge is -2.26. The van der Waals surface area contributed by atoms with Gasteiger partial charge < -0.3 is 9.64 Å². The maximum absolute atomic E-state index is 13.1. The highest BCUT2D eigenvalue weighted by Gasteiger charge is 2.22. The molecular weight excluding hydrogens is 472 g/mol. The number of nitrogens with zero attached hydrogens (tertiary/aromatic N) is 4. The maximum Gasteiger partial charge on any atom is 0.264 e. The summed E-state index contributed by atoms with van der Waals surface area (Å²) in [4.78, 5) is 14.9. The van der Waals surface area contributed by atoms with Gasteiger partial charge in [-0.3, -0.25) is 4.79 Å². The van der Waals surface area contributed by atoms with Crippen LogP contribution in [0.3, 0.4) is 0 Å². The van der Waals surface area contributed by atoms with E-state index in [9.17, 15) is 10.1 Å². The lowest BCUT2D eigenvalue weighted by atomic mass is 10.0. The number of ether oxygens (including phenoxy) is 1. The van der Waals surface area contributed by atoms with Crippen LogP contribution in [0.4, 0.5) is 0 Å². The highest BCUT2D eigenvalue weighted by molar-refractivity contribution is 6.02. The van der Waals surface area contributed by atoms with Crippen LogP contribution in [0.5, 0.6) is 5.75 Å². The Labute approximate surface area is 223 Å². The van der Waals surface area contributed by atoms with E-state index in [-0.39, 0.29) is 11.5 Å². The van der Waals surface area contributed by atoms with Crippen LogP contribution < -0.4 is 4.74 Å². The Morgan fingerprint density at radius 2 is 1.76 bits per heavy atom. The molecule has 1 saturated heterocycles. The molecule has 0 aliphatic carbocycles. The van der Waals surface area contributed by atoms with Crippen molar-refractivity contribution in [1.29, 1.82) is 5.26 Å². The van der Waals surface area contributed by atoms with Crippen LogP contribution in [0.25, 0.3) is 23.0 Å². The number of rotatable bonds is 7. The zero-order valence-corrected chi connectivity index (χ0v) is 21.5. The topological polar surface area (TPSA) is 71.1 Å². The van der Waals surface area contributed by atoms with Gasteiger partial charge in [0, 0.05) is 30.4 Å². The Bertz CT molecular complexity index is 1470. The van der Waals surface area contributed by atoms with E-state index in [2.05, 4.69) is 37.3 Å². The van der Waals surface area contributed by atoms with Crippen LogP contribution in [0.2, 0.25) is 0 Å². The Morgan fingerprint density at radius 1 is 1.00 bits per heavy atom. The van der Waals surface area contributed by atoms with Crippen molar-refractivity contribution < 1.29 is 9.53 Å². The van der Waals surface area contributed by atoms with Gasteiger partial charge in [0.25, 0.3) is 5.91 Å². The van der Waals surface area contributed by atoms with Crippen molar-refractivity contribution in [2.24, 2.45) is 0 Å². The van der Waals surface area contributed by atoms with Crippen molar-refractivity contribution in [3.8, 4) is 28.8 Å². The third-order valence-electron chi connectivity index (χ3n) is 6.69. The molecule has 2 heterocycles. The van der Waals surface area contributed by atoms with E-state index in [1.807, 2.05) is 60.8 Å². The lowest BCUT2D eigenvalue weighted by molar-refractivity contribution is -0.127. The summed E-state index contributed by atoms with van der Waals surface area (Å²) < 4.78 is 7.86. The van der Waals surface area contributed by atoms with Gasteiger partial charge in [-0.05, 0) is 62.1 Å². The first-order valence-electron chi connectivity index (χ1n) is 13.0. The van der Waals surface area contributed by atoms with Crippen molar-refractivity contribution in [3.63, 3.8) is 0 Å². The molecule has 0 radical (unpaired) electrons. The summed E-state index contributed by atoms with van der Waals surface area (Å²) in [5.74, 6) is 0.498. The quantitative estimate of drug-likeness (QED) is 0.218. The van der Waals surface area contributed by atoms with Crippen LogP contribution in [-0.2, 0) is 11.4 Å². The Morgan fingerprint density at radius 3 is 2.50 bits per heavy atom. The molecule has 1 aromatic heterocycles.